The summed E-state index contributed by atoms with van der Waals surface area (Å²) in [6.07, 6.45) is 1.81. The smallest absolute Gasteiger partial charge is 0.214 e. The maximum atomic E-state index is 13.5. The molecule has 4 rings (SSSR count). The number of nitrogens with zero attached hydrogens (tertiary/aromatic N) is 4. The van der Waals surface area contributed by atoms with Gasteiger partial charge in [-0.05, 0) is 25.5 Å². The number of anilines is 1. The van der Waals surface area contributed by atoms with Crippen molar-refractivity contribution in [1.29, 1.82) is 0 Å². The first kappa shape index (κ1) is 17.2. The van der Waals surface area contributed by atoms with Crippen molar-refractivity contribution in [1.82, 2.24) is 14.6 Å². The Bertz CT molecular complexity index is 956. The molecule has 0 spiro atoms. The van der Waals surface area contributed by atoms with E-state index in [9.17, 15) is 9.50 Å². The number of ether oxygens (including phenoxy) is 1. The van der Waals surface area contributed by atoms with Crippen LogP contribution in [0.25, 0.3) is 16.2 Å². The summed E-state index contributed by atoms with van der Waals surface area (Å²) >= 11 is 1.45. The van der Waals surface area contributed by atoms with Gasteiger partial charge in [0.15, 0.2) is 0 Å². The Morgan fingerprint density at radius 1 is 1.46 bits per heavy atom. The van der Waals surface area contributed by atoms with Crippen LogP contribution in [-0.2, 0) is 0 Å². The largest absolute Gasteiger partial charge is 0.496 e. The number of rotatable bonds is 4. The lowest BCUT2D eigenvalue weighted by molar-refractivity contribution is 0.113. The van der Waals surface area contributed by atoms with Crippen LogP contribution in [0.5, 0.6) is 5.75 Å². The maximum absolute atomic E-state index is 13.5. The number of aromatic nitrogens is 3. The zero-order chi connectivity index (χ0) is 18.5. The topological polar surface area (TPSA) is 88.9 Å². The fourth-order valence-corrected chi connectivity index (χ4v) is 4.13. The monoisotopic (exact) mass is 377 g/mol. The molecule has 138 valence electrons. The molecule has 0 radical (unpaired) electrons. The van der Waals surface area contributed by atoms with Crippen molar-refractivity contribution < 1.29 is 14.2 Å². The quantitative estimate of drug-likeness (QED) is 0.722. The van der Waals surface area contributed by atoms with Gasteiger partial charge in [-0.15, -0.1) is 5.10 Å². The van der Waals surface area contributed by atoms with Gasteiger partial charge in [0.25, 0.3) is 0 Å². The molecule has 1 aliphatic heterocycles. The van der Waals surface area contributed by atoms with E-state index in [1.165, 1.54) is 30.6 Å². The number of imidazole rings is 1. The number of hydrogen-bond acceptors (Lipinski definition) is 7. The number of halogens is 1. The van der Waals surface area contributed by atoms with Gasteiger partial charge in [-0.2, -0.15) is 0 Å². The number of benzene rings is 1. The summed E-state index contributed by atoms with van der Waals surface area (Å²) in [4.78, 5) is 7.22. The highest BCUT2D eigenvalue weighted by molar-refractivity contribution is 7.20. The van der Waals surface area contributed by atoms with Gasteiger partial charge >= 0.3 is 0 Å². The first-order chi connectivity index (χ1) is 12.4. The van der Waals surface area contributed by atoms with E-state index in [2.05, 4.69) is 15.0 Å². The van der Waals surface area contributed by atoms with Crippen LogP contribution in [-0.4, -0.2) is 51.5 Å². The van der Waals surface area contributed by atoms with Crippen molar-refractivity contribution in [3.63, 3.8) is 0 Å². The van der Waals surface area contributed by atoms with Gasteiger partial charge in [-0.3, -0.25) is 0 Å². The Morgan fingerprint density at radius 2 is 2.27 bits per heavy atom. The Balaban J connectivity index is 1.71. The summed E-state index contributed by atoms with van der Waals surface area (Å²) in [6.45, 7) is 2.99. The van der Waals surface area contributed by atoms with Gasteiger partial charge in [0, 0.05) is 24.7 Å². The minimum atomic E-state index is -0.628. The Labute approximate surface area is 153 Å². The van der Waals surface area contributed by atoms with Gasteiger partial charge in [-0.25, -0.2) is 13.9 Å². The SMILES string of the molecule is COc1cc(F)ccc1-c1cnc2sc(N3CCC(N)(C(C)O)C3)nn12. The van der Waals surface area contributed by atoms with Gasteiger partial charge in [0.1, 0.15) is 11.6 Å². The van der Waals surface area contributed by atoms with Crippen molar-refractivity contribution in [2.45, 2.75) is 25.0 Å². The molecule has 1 aliphatic rings. The van der Waals surface area contributed by atoms with Crippen molar-refractivity contribution in [2.24, 2.45) is 5.73 Å². The molecule has 1 saturated heterocycles. The lowest BCUT2D eigenvalue weighted by Crippen LogP contribution is -2.51. The third-order valence-corrected chi connectivity index (χ3v) is 5.93. The predicted molar refractivity (Wildman–Crippen MR) is 98.2 cm³/mol. The first-order valence-corrected chi connectivity index (χ1v) is 9.13. The zero-order valence-electron chi connectivity index (χ0n) is 14.5. The maximum Gasteiger partial charge on any atom is 0.214 e. The van der Waals surface area contributed by atoms with Crippen LogP contribution in [0.4, 0.5) is 9.52 Å². The van der Waals surface area contributed by atoms with E-state index in [1.807, 2.05) is 0 Å². The molecule has 0 bridgehead atoms. The van der Waals surface area contributed by atoms with Crippen molar-refractivity contribution >= 4 is 21.4 Å². The van der Waals surface area contributed by atoms with Crippen molar-refractivity contribution in [3.8, 4) is 17.0 Å². The Hall–Kier alpha value is -2.23. The number of methoxy groups -OCH3 is 1. The molecule has 1 aromatic carbocycles. The molecule has 2 unspecified atom stereocenters. The van der Waals surface area contributed by atoms with Crippen LogP contribution in [0.3, 0.4) is 0 Å². The molecule has 3 heterocycles. The second-order valence-electron chi connectivity index (χ2n) is 6.65. The Morgan fingerprint density at radius 3 is 2.96 bits per heavy atom. The highest BCUT2D eigenvalue weighted by Gasteiger charge is 2.39. The van der Waals surface area contributed by atoms with E-state index in [1.54, 1.807) is 23.7 Å². The Kier molecular flexibility index (Phi) is 4.09. The average Bonchev–Trinajstić information content (AvgIpc) is 3.29. The van der Waals surface area contributed by atoms with Crippen LogP contribution in [0, 0.1) is 5.82 Å². The van der Waals surface area contributed by atoms with Crippen LogP contribution >= 0.6 is 11.3 Å². The van der Waals surface area contributed by atoms with E-state index in [4.69, 9.17) is 10.5 Å². The van der Waals surface area contributed by atoms with E-state index >= 15 is 0 Å². The highest BCUT2D eigenvalue weighted by atomic mass is 32.1. The third-order valence-electron chi connectivity index (χ3n) is 4.95. The lowest BCUT2D eigenvalue weighted by atomic mass is 9.94. The molecule has 0 aliphatic carbocycles. The fraction of sp³-hybridized carbons (Fsp3) is 0.412. The number of aliphatic hydroxyl groups is 1. The van der Waals surface area contributed by atoms with E-state index < -0.39 is 11.6 Å². The minimum Gasteiger partial charge on any atom is -0.496 e. The summed E-state index contributed by atoms with van der Waals surface area (Å²) in [6, 6.07) is 4.38. The van der Waals surface area contributed by atoms with Crippen molar-refractivity contribution in [2.75, 3.05) is 25.1 Å². The lowest BCUT2D eigenvalue weighted by Gasteiger charge is -2.27. The van der Waals surface area contributed by atoms with Crippen molar-refractivity contribution in [3.05, 3.63) is 30.2 Å². The second-order valence-corrected chi connectivity index (χ2v) is 7.58. The normalized spacial score (nSPS) is 21.5. The fourth-order valence-electron chi connectivity index (χ4n) is 3.23. The molecular formula is C17H20FN5O2S. The minimum absolute atomic E-state index is 0.361. The predicted octanol–water partition coefficient (Wildman–Crippen LogP) is 1.89. The van der Waals surface area contributed by atoms with Gasteiger partial charge in [0.2, 0.25) is 10.1 Å². The molecule has 3 N–H and O–H groups in total. The van der Waals surface area contributed by atoms with E-state index in [0.717, 1.165) is 27.9 Å². The molecule has 7 nitrogen and oxygen atoms in total. The van der Waals surface area contributed by atoms with Crippen LogP contribution in [0.15, 0.2) is 24.4 Å². The second kappa shape index (κ2) is 6.19. The molecule has 9 heteroatoms. The number of hydrogen-bond donors (Lipinski definition) is 2. The molecule has 0 saturated carbocycles. The van der Waals surface area contributed by atoms with Gasteiger partial charge < -0.3 is 20.5 Å². The zero-order valence-corrected chi connectivity index (χ0v) is 15.3. The van der Waals surface area contributed by atoms with Crippen LogP contribution < -0.4 is 15.4 Å². The number of fused-ring (bicyclic) bond motifs is 1. The number of nitrogens with two attached hydrogens (primary N) is 1. The van der Waals surface area contributed by atoms with Crippen LogP contribution in [0.1, 0.15) is 13.3 Å². The molecule has 1 fully saturated rings. The molecule has 2 atom stereocenters. The third kappa shape index (κ3) is 2.72. The van der Waals surface area contributed by atoms with Gasteiger partial charge in [0.05, 0.1) is 30.6 Å². The van der Waals surface area contributed by atoms with E-state index in [-0.39, 0.29) is 5.82 Å². The van der Waals surface area contributed by atoms with E-state index in [0.29, 0.717) is 18.7 Å². The average molecular weight is 377 g/mol. The molecule has 2 aromatic heterocycles. The molecule has 26 heavy (non-hydrogen) atoms. The highest BCUT2D eigenvalue weighted by Crippen LogP contribution is 2.35. The van der Waals surface area contributed by atoms with Crippen LogP contribution in [0.2, 0.25) is 0 Å². The standard InChI is InChI=1S/C17H20FN5O2S/c1-10(24)17(19)5-6-22(9-17)16-21-23-13(8-20-15(23)26-16)12-4-3-11(18)7-14(12)25-2/h3-4,7-8,10,24H,5-6,9,19H2,1-2H3. The molecule has 0 amide bonds. The summed E-state index contributed by atoms with van der Waals surface area (Å²) in [5, 5.41) is 15.4. The molecular weight excluding hydrogens is 357 g/mol. The summed E-state index contributed by atoms with van der Waals surface area (Å²) in [5.74, 6) is 0.0670. The first-order valence-electron chi connectivity index (χ1n) is 8.32. The summed E-state index contributed by atoms with van der Waals surface area (Å²) < 4.78 is 20.5. The molecule has 3 aromatic rings. The van der Waals surface area contributed by atoms with Gasteiger partial charge in [-0.1, -0.05) is 11.3 Å². The number of aliphatic hydroxyl groups excluding tert-OH is 1. The summed E-state index contributed by atoms with van der Waals surface area (Å²) in [7, 11) is 1.50. The summed E-state index contributed by atoms with van der Waals surface area (Å²) in [5.41, 5.74) is 7.10.